The summed E-state index contributed by atoms with van der Waals surface area (Å²) in [5, 5.41) is 5.69. The summed E-state index contributed by atoms with van der Waals surface area (Å²) < 4.78 is 11.0. The van der Waals surface area contributed by atoms with E-state index in [-0.39, 0.29) is 30.1 Å². The van der Waals surface area contributed by atoms with Crippen LogP contribution in [0.3, 0.4) is 0 Å². The van der Waals surface area contributed by atoms with E-state index in [0.717, 1.165) is 12.8 Å². The number of anilines is 2. The minimum absolute atomic E-state index is 0.0322. The van der Waals surface area contributed by atoms with Crippen molar-refractivity contribution >= 4 is 29.1 Å². The third kappa shape index (κ3) is 5.01. The molecule has 0 radical (unpaired) electrons. The lowest BCUT2D eigenvalue weighted by atomic mass is 10.1. The van der Waals surface area contributed by atoms with Crippen LogP contribution in [0.5, 0.6) is 11.5 Å². The molecule has 2 aliphatic rings. The Morgan fingerprint density at radius 1 is 1.00 bits per heavy atom. The van der Waals surface area contributed by atoms with Crippen molar-refractivity contribution in [2.75, 3.05) is 36.9 Å². The van der Waals surface area contributed by atoms with Crippen LogP contribution in [0.1, 0.15) is 36.5 Å². The molecule has 2 aromatic carbocycles. The molecule has 168 valence electrons. The molecule has 8 heteroatoms. The molecule has 2 heterocycles. The van der Waals surface area contributed by atoms with Crippen molar-refractivity contribution in [3.63, 3.8) is 0 Å². The molecule has 0 bridgehead atoms. The number of nitrogens with one attached hydrogen (secondary N) is 2. The summed E-state index contributed by atoms with van der Waals surface area (Å²) in [6.07, 6.45) is 2.19. The number of unbranched alkanes of at least 4 members (excludes halogenated alkanes) is 1. The van der Waals surface area contributed by atoms with E-state index in [9.17, 15) is 14.4 Å². The molecule has 8 nitrogen and oxygen atoms in total. The maximum atomic E-state index is 12.6. The average molecular weight is 437 g/mol. The van der Waals surface area contributed by atoms with Gasteiger partial charge in [-0.15, -0.1) is 0 Å². The lowest BCUT2D eigenvalue weighted by Crippen LogP contribution is -2.29. The van der Waals surface area contributed by atoms with Crippen molar-refractivity contribution in [2.24, 2.45) is 5.92 Å². The van der Waals surface area contributed by atoms with Gasteiger partial charge in [-0.3, -0.25) is 14.4 Å². The molecule has 32 heavy (non-hydrogen) atoms. The topological polar surface area (TPSA) is 97.0 Å². The normalized spacial score (nSPS) is 17.2. The van der Waals surface area contributed by atoms with Crippen molar-refractivity contribution in [1.29, 1.82) is 0 Å². The van der Waals surface area contributed by atoms with Crippen LogP contribution in [0, 0.1) is 5.92 Å². The number of nitrogens with zero attached hydrogens (tertiary/aromatic N) is 1. The highest BCUT2D eigenvalue weighted by molar-refractivity contribution is 6.05. The van der Waals surface area contributed by atoms with E-state index in [4.69, 9.17) is 9.47 Å². The van der Waals surface area contributed by atoms with Crippen molar-refractivity contribution in [2.45, 2.75) is 26.2 Å². The molecule has 1 atom stereocenters. The van der Waals surface area contributed by atoms with Gasteiger partial charge in [0, 0.05) is 42.5 Å². The summed E-state index contributed by atoms with van der Waals surface area (Å²) in [4.78, 5) is 39.0. The second-order valence-electron chi connectivity index (χ2n) is 7.97. The zero-order valence-electron chi connectivity index (χ0n) is 18.1. The quantitative estimate of drug-likeness (QED) is 0.693. The molecule has 1 saturated heterocycles. The predicted molar refractivity (Wildman–Crippen MR) is 120 cm³/mol. The molecule has 4 rings (SSSR count). The third-order valence-corrected chi connectivity index (χ3v) is 5.58. The zero-order valence-corrected chi connectivity index (χ0v) is 18.1. The van der Waals surface area contributed by atoms with Crippen molar-refractivity contribution in [1.82, 2.24) is 4.90 Å². The molecular formula is C24H27N3O5. The summed E-state index contributed by atoms with van der Waals surface area (Å²) in [5.41, 5.74) is 1.65. The van der Waals surface area contributed by atoms with E-state index >= 15 is 0 Å². The second kappa shape index (κ2) is 9.72. The number of carbonyl (C=O) groups is 3. The van der Waals surface area contributed by atoms with Crippen molar-refractivity contribution in [3.05, 3.63) is 48.0 Å². The highest BCUT2D eigenvalue weighted by atomic mass is 16.6. The number of amides is 3. The van der Waals surface area contributed by atoms with Crippen LogP contribution >= 0.6 is 0 Å². The lowest BCUT2D eigenvalue weighted by Gasteiger charge is -2.19. The maximum absolute atomic E-state index is 12.6. The predicted octanol–water partition coefficient (Wildman–Crippen LogP) is 3.30. The first-order chi connectivity index (χ1) is 15.5. The second-order valence-corrected chi connectivity index (χ2v) is 7.97. The van der Waals surface area contributed by atoms with E-state index in [2.05, 4.69) is 17.6 Å². The monoisotopic (exact) mass is 437 g/mol. The number of benzene rings is 2. The Labute approximate surface area is 186 Å². The van der Waals surface area contributed by atoms with Gasteiger partial charge in [-0.2, -0.15) is 0 Å². The number of carbonyl (C=O) groups excluding carboxylic acids is 3. The summed E-state index contributed by atoms with van der Waals surface area (Å²) >= 11 is 0. The number of hydrogen-bond acceptors (Lipinski definition) is 5. The first kappa shape index (κ1) is 21.7. The van der Waals surface area contributed by atoms with Gasteiger partial charge in [0.1, 0.15) is 13.2 Å². The minimum atomic E-state index is -0.350. The van der Waals surface area contributed by atoms with Gasteiger partial charge in [-0.1, -0.05) is 13.3 Å². The number of likely N-dealkylation sites (tertiary alicyclic amines) is 1. The van der Waals surface area contributed by atoms with Crippen LogP contribution in [0.25, 0.3) is 0 Å². The van der Waals surface area contributed by atoms with E-state index in [1.54, 1.807) is 47.4 Å². The van der Waals surface area contributed by atoms with Gasteiger partial charge < -0.3 is 25.0 Å². The molecule has 2 N–H and O–H groups in total. The van der Waals surface area contributed by atoms with E-state index in [0.29, 0.717) is 54.7 Å². The van der Waals surface area contributed by atoms with Gasteiger partial charge in [-0.05, 0) is 42.8 Å². The van der Waals surface area contributed by atoms with Crippen LogP contribution in [0.15, 0.2) is 42.5 Å². The molecule has 1 unspecified atom stereocenters. The lowest BCUT2D eigenvalue weighted by molar-refractivity contribution is -0.128. The molecule has 1 fully saturated rings. The van der Waals surface area contributed by atoms with Crippen molar-refractivity contribution < 1.29 is 23.9 Å². The Hall–Kier alpha value is -3.55. The summed E-state index contributed by atoms with van der Waals surface area (Å²) in [6, 6.07) is 11.9. The number of fused-ring (bicyclic) bond motifs is 1. The molecule has 2 aliphatic heterocycles. The molecule has 0 spiro atoms. The van der Waals surface area contributed by atoms with E-state index < -0.39 is 0 Å². The fraction of sp³-hybridized carbons (Fsp3) is 0.375. The highest BCUT2D eigenvalue weighted by Gasteiger charge is 2.33. The van der Waals surface area contributed by atoms with Gasteiger partial charge in [0.25, 0.3) is 5.91 Å². The SMILES string of the molecule is CCCCN1CC(C(=O)Nc2ccc(C(=O)Nc3ccc4c(c3)OCCO4)cc2)CC1=O. The molecule has 3 amide bonds. The van der Waals surface area contributed by atoms with Crippen LogP contribution < -0.4 is 20.1 Å². The Balaban J connectivity index is 1.32. The largest absolute Gasteiger partial charge is 0.486 e. The fourth-order valence-electron chi connectivity index (χ4n) is 3.79. The van der Waals surface area contributed by atoms with Crippen LogP contribution in [0.2, 0.25) is 0 Å². The molecule has 0 saturated carbocycles. The Kier molecular flexibility index (Phi) is 6.58. The Bertz CT molecular complexity index is 1010. The number of rotatable bonds is 7. The Morgan fingerprint density at radius 3 is 2.47 bits per heavy atom. The van der Waals surface area contributed by atoms with Gasteiger partial charge in [0.2, 0.25) is 11.8 Å². The van der Waals surface area contributed by atoms with Gasteiger partial charge in [0.05, 0.1) is 5.92 Å². The minimum Gasteiger partial charge on any atom is -0.486 e. The summed E-state index contributed by atoms with van der Waals surface area (Å²) in [5.74, 6) is 0.498. The zero-order chi connectivity index (χ0) is 22.5. The van der Waals surface area contributed by atoms with E-state index in [1.165, 1.54) is 0 Å². The highest BCUT2D eigenvalue weighted by Crippen LogP contribution is 2.32. The average Bonchev–Trinajstić information content (AvgIpc) is 3.18. The molecular weight excluding hydrogens is 410 g/mol. The van der Waals surface area contributed by atoms with Crippen LogP contribution in [-0.2, 0) is 9.59 Å². The number of ether oxygens (including phenoxy) is 2. The fourth-order valence-corrected chi connectivity index (χ4v) is 3.79. The first-order valence-corrected chi connectivity index (χ1v) is 10.9. The first-order valence-electron chi connectivity index (χ1n) is 10.9. The summed E-state index contributed by atoms with van der Waals surface area (Å²) in [6.45, 7) is 4.22. The Morgan fingerprint density at radius 2 is 1.72 bits per heavy atom. The molecule has 0 aromatic heterocycles. The van der Waals surface area contributed by atoms with Crippen LogP contribution in [0.4, 0.5) is 11.4 Å². The molecule has 2 aromatic rings. The summed E-state index contributed by atoms with van der Waals surface area (Å²) in [7, 11) is 0. The van der Waals surface area contributed by atoms with Gasteiger partial charge >= 0.3 is 0 Å². The third-order valence-electron chi connectivity index (χ3n) is 5.58. The van der Waals surface area contributed by atoms with Crippen LogP contribution in [-0.4, -0.2) is 48.9 Å². The smallest absolute Gasteiger partial charge is 0.255 e. The number of hydrogen-bond donors (Lipinski definition) is 2. The van der Waals surface area contributed by atoms with Crippen molar-refractivity contribution in [3.8, 4) is 11.5 Å². The van der Waals surface area contributed by atoms with E-state index in [1.807, 2.05) is 0 Å². The molecule has 0 aliphatic carbocycles. The maximum Gasteiger partial charge on any atom is 0.255 e. The van der Waals surface area contributed by atoms with Gasteiger partial charge in [0.15, 0.2) is 11.5 Å². The standard InChI is InChI=1S/C24H27N3O5/c1-2-3-10-27-15-17(13-22(27)28)24(30)25-18-6-4-16(5-7-18)23(29)26-19-8-9-20-21(14-19)32-12-11-31-20/h4-9,14,17H,2-3,10-13,15H2,1H3,(H,25,30)(H,26,29). The van der Waals surface area contributed by atoms with Gasteiger partial charge in [-0.25, -0.2) is 0 Å².